The first-order valence-corrected chi connectivity index (χ1v) is 7.33. The van der Waals surface area contributed by atoms with Gasteiger partial charge >= 0.3 is 0 Å². The zero-order valence-electron chi connectivity index (χ0n) is 9.35. The van der Waals surface area contributed by atoms with Crippen molar-refractivity contribution in [2.75, 3.05) is 0 Å². The minimum atomic E-state index is -0.554. The van der Waals surface area contributed by atoms with Crippen LogP contribution < -0.4 is 0 Å². The molecule has 4 heteroatoms. The van der Waals surface area contributed by atoms with E-state index in [2.05, 4.69) is 0 Å². The molecule has 1 aliphatic carbocycles. The highest BCUT2D eigenvalue weighted by Gasteiger charge is 2.27. The summed E-state index contributed by atoms with van der Waals surface area (Å²) >= 11 is 2.89. The molecule has 2 heterocycles. The summed E-state index contributed by atoms with van der Waals surface area (Å²) in [5, 5.41) is 3.75. The number of rotatable bonds is 2. The van der Waals surface area contributed by atoms with Gasteiger partial charge in [0.15, 0.2) is 0 Å². The lowest BCUT2D eigenvalue weighted by Crippen LogP contribution is -2.06. The average molecular weight is 280 g/mol. The summed E-state index contributed by atoms with van der Waals surface area (Å²) in [7, 11) is 0. The van der Waals surface area contributed by atoms with Crippen molar-refractivity contribution in [3.05, 3.63) is 68.6 Å². The molecule has 0 aliphatic heterocycles. The summed E-state index contributed by atoms with van der Waals surface area (Å²) in [4.78, 5) is 1.67. The van der Waals surface area contributed by atoms with Crippen LogP contribution in [0.25, 0.3) is 0 Å². The van der Waals surface area contributed by atoms with Crippen molar-refractivity contribution in [3.8, 4) is 0 Å². The predicted octanol–water partition coefficient (Wildman–Crippen LogP) is 5.40. The summed E-state index contributed by atoms with van der Waals surface area (Å²) in [5.41, 5.74) is 0. The van der Waals surface area contributed by atoms with E-state index in [4.69, 9.17) is 0 Å². The van der Waals surface area contributed by atoms with E-state index < -0.39 is 11.8 Å². The summed E-state index contributed by atoms with van der Waals surface area (Å²) in [5.74, 6) is -1.64. The molecular weight excluding hydrogens is 270 g/mol. The first-order chi connectivity index (χ1) is 8.75. The van der Waals surface area contributed by atoms with Gasteiger partial charge in [0.2, 0.25) is 0 Å². The second-order valence-corrected chi connectivity index (χ2v) is 6.05. The second kappa shape index (κ2) is 4.78. The van der Waals surface area contributed by atoms with E-state index in [0.717, 1.165) is 9.75 Å². The average Bonchev–Trinajstić information content (AvgIpc) is 3.02. The minimum Gasteiger partial charge on any atom is -0.211 e. The summed E-state index contributed by atoms with van der Waals surface area (Å²) in [6, 6.07) is 7.37. The van der Waals surface area contributed by atoms with E-state index in [0.29, 0.717) is 0 Å². The molecule has 2 aromatic heterocycles. The van der Waals surface area contributed by atoms with E-state index in [-0.39, 0.29) is 11.7 Å². The number of hydrogen-bond acceptors (Lipinski definition) is 2. The van der Waals surface area contributed by atoms with Crippen LogP contribution in [0.2, 0.25) is 0 Å². The largest absolute Gasteiger partial charge is 0.211 e. The highest BCUT2D eigenvalue weighted by Crippen LogP contribution is 2.42. The molecule has 0 saturated carbocycles. The van der Waals surface area contributed by atoms with E-state index in [1.54, 1.807) is 0 Å². The van der Waals surface area contributed by atoms with Crippen molar-refractivity contribution in [1.82, 2.24) is 0 Å². The Morgan fingerprint density at radius 2 is 1.22 bits per heavy atom. The van der Waals surface area contributed by atoms with Gasteiger partial charge in [-0.3, -0.25) is 0 Å². The highest BCUT2D eigenvalue weighted by atomic mass is 32.1. The van der Waals surface area contributed by atoms with Crippen molar-refractivity contribution in [3.63, 3.8) is 0 Å². The number of thiophene rings is 2. The van der Waals surface area contributed by atoms with Crippen molar-refractivity contribution in [2.45, 2.75) is 11.8 Å². The Kier molecular flexibility index (Phi) is 3.14. The van der Waals surface area contributed by atoms with Crippen LogP contribution >= 0.6 is 22.7 Å². The monoisotopic (exact) mass is 280 g/mol. The molecule has 2 unspecified atom stereocenters. The molecule has 2 atom stereocenters. The van der Waals surface area contributed by atoms with Crippen LogP contribution in [0, 0.1) is 0 Å². The molecule has 0 nitrogen and oxygen atoms in total. The fraction of sp³-hybridized carbons (Fsp3) is 0.143. The van der Waals surface area contributed by atoms with Gasteiger partial charge in [-0.05, 0) is 35.0 Å². The van der Waals surface area contributed by atoms with Gasteiger partial charge in [-0.1, -0.05) is 12.1 Å². The molecule has 0 aromatic carbocycles. The van der Waals surface area contributed by atoms with Gasteiger partial charge in [0.05, 0.1) is 11.8 Å². The molecule has 0 bridgehead atoms. The van der Waals surface area contributed by atoms with Crippen LogP contribution in [-0.4, -0.2) is 0 Å². The zero-order chi connectivity index (χ0) is 12.5. The van der Waals surface area contributed by atoms with Gasteiger partial charge in [0, 0.05) is 9.75 Å². The summed E-state index contributed by atoms with van der Waals surface area (Å²) in [6.07, 6.45) is 2.79. The minimum absolute atomic E-state index is 0.266. The van der Waals surface area contributed by atoms with Crippen LogP contribution in [0.5, 0.6) is 0 Å². The van der Waals surface area contributed by atoms with Gasteiger partial charge in [-0.2, -0.15) is 0 Å². The molecule has 2 aromatic rings. The van der Waals surface area contributed by atoms with Crippen molar-refractivity contribution < 1.29 is 8.78 Å². The maximum atomic E-state index is 14.1. The highest BCUT2D eigenvalue weighted by molar-refractivity contribution is 7.10. The van der Waals surface area contributed by atoms with Gasteiger partial charge in [0.1, 0.15) is 11.7 Å². The standard InChI is InChI=1S/C14H10F2S2/c15-11-8-10(14-4-2-6-18-14)12(16)7-9(11)13-3-1-5-17-13/h1-10H. The molecule has 0 N–H and O–H groups in total. The Morgan fingerprint density at radius 1 is 0.778 bits per heavy atom. The lowest BCUT2D eigenvalue weighted by molar-refractivity contribution is 0.519. The number of allylic oxidation sites excluding steroid dienone is 4. The van der Waals surface area contributed by atoms with E-state index in [1.165, 1.54) is 34.8 Å². The number of halogens is 2. The predicted molar refractivity (Wildman–Crippen MR) is 72.5 cm³/mol. The SMILES string of the molecule is FC1=CC(c2cccs2)C(F)=CC1c1cccs1. The van der Waals surface area contributed by atoms with Gasteiger partial charge in [-0.25, -0.2) is 8.78 Å². The maximum absolute atomic E-state index is 14.1. The molecule has 0 spiro atoms. The van der Waals surface area contributed by atoms with Gasteiger partial charge < -0.3 is 0 Å². The third-order valence-corrected chi connectivity index (χ3v) is 4.86. The quantitative estimate of drug-likeness (QED) is 0.691. The Morgan fingerprint density at radius 3 is 1.56 bits per heavy atom. The van der Waals surface area contributed by atoms with Crippen LogP contribution in [-0.2, 0) is 0 Å². The lowest BCUT2D eigenvalue weighted by atomic mass is 9.92. The van der Waals surface area contributed by atoms with Gasteiger partial charge in [0.25, 0.3) is 0 Å². The third kappa shape index (κ3) is 2.06. The van der Waals surface area contributed by atoms with Crippen LogP contribution in [0.4, 0.5) is 8.78 Å². The molecular formula is C14H10F2S2. The molecule has 1 aliphatic rings. The second-order valence-electron chi connectivity index (χ2n) is 4.09. The molecule has 3 rings (SSSR count). The molecule has 0 saturated heterocycles. The normalized spacial score (nSPS) is 23.7. The topological polar surface area (TPSA) is 0 Å². The van der Waals surface area contributed by atoms with Crippen LogP contribution in [0.1, 0.15) is 21.6 Å². The van der Waals surface area contributed by atoms with E-state index in [9.17, 15) is 8.78 Å². The number of hydrogen-bond donors (Lipinski definition) is 0. The Hall–Kier alpha value is -1.26. The van der Waals surface area contributed by atoms with Crippen LogP contribution in [0.15, 0.2) is 58.8 Å². The molecule has 0 amide bonds. The third-order valence-electron chi connectivity index (χ3n) is 2.95. The molecule has 0 radical (unpaired) electrons. The molecule has 92 valence electrons. The van der Waals surface area contributed by atoms with Crippen molar-refractivity contribution in [1.29, 1.82) is 0 Å². The Balaban J connectivity index is 1.95. The fourth-order valence-corrected chi connectivity index (χ4v) is 3.65. The maximum Gasteiger partial charge on any atom is 0.109 e. The van der Waals surface area contributed by atoms with E-state index >= 15 is 0 Å². The molecule has 18 heavy (non-hydrogen) atoms. The molecule has 0 fully saturated rings. The Bertz CT molecular complexity index is 525. The zero-order valence-corrected chi connectivity index (χ0v) is 11.0. The Labute approximate surface area is 112 Å². The first-order valence-electron chi connectivity index (χ1n) is 5.57. The lowest BCUT2D eigenvalue weighted by Gasteiger charge is -2.19. The smallest absolute Gasteiger partial charge is 0.109 e. The fourth-order valence-electron chi connectivity index (χ4n) is 2.06. The van der Waals surface area contributed by atoms with Crippen molar-refractivity contribution in [2.24, 2.45) is 0 Å². The van der Waals surface area contributed by atoms with E-state index in [1.807, 2.05) is 35.0 Å². The summed E-state index contributed by atoms with van der Waals surface area (Å²) in [6.45, 7) is 0. The van der Waals surface area contributed by atoms with Crippen molar-refractivity contribution >= 4 is 22.7 Å². The summed E-state index contributed by atoms with van der Waals surface area (Å²) < 4.78 is 28.2. The van der Waals surface area contributed by atoms with Gasteiger partial charge in [-0.15, -0.1) is 22.7 Å². The first kappa shape index (κ1) is 11.8. The van der Waals surface area contributed by atoms with Crippen LogP contribution in [0.3, 0.4) is 0 Å².